The van der Waals surface area contributed by atoms with Gasteiger partial charge in [0.1, 0.15) is 5.69 Å². The predicted molar refractivity (Wildman–Crippen MR) is 54.4 cm³/mol. The molecule has 64 valence electrons. The Hall–Kier alpha value is -1.41. The summed E-state index contributed by atoms with van der Waals surface area (Å²) in [6.07, 6.45) is 1.62. The summed E-state index contributed by atoms with van der Waals surface area (Å²) in [4.78, 5) is 8.48. The van der Waals surface area contributed by atoms with Crippen molar-refractivity contribution in [2.75, 3.05) is 0 Å². The van der Waals surface area contributed by atoms with Crippen molar-refractivity contribution in [3.05, 3.63) is 42.7 Å². The summed E-state index contributed by atoms with van der Waals surface area (Å²) >= 11 is 5.71. The van der Waals surface area contributed by atoms with E-state index in [1.165, 1.54) is 0 Å². The van der Waals surface area contributed by atoms with Gasteiger partial charge >= 0.3 is 0 Å². The molecular formula is C10H7ClN2. The van der Waals surface area contributed by atoms with Crippen LogP contribution in [0.4, 0.5) is 0 Å². The lowest BCUT2D eigenvalue weighted by atomic mass is 10.3. The molecule has 0 atom stereocenters. The van der Waals surface area contributed by atoms with E-state index < -0.39 is 0 Å². The summed E-state index contributed by atoms with van der Waals surface area (Å²) in [5.41, 5.74) is 2.33. The second-order valence-electron chi connectivity index (χ2n) is 2.65. The maximum Gasteiger partial charge on any atom is 0.100 e. The first-order chi connectivity index (χ1) is 6.27. The fraction of sp³-hybridized carbons (Fsp3) is 0. The molecule has 13 heavy (non-hydrogen) atoms. The maximum atomic E-state index is 5.71. The number of fused-ring (bicyclic) bond motifs is 1. The lowest BCUT2D eigenvalue weighted by molar-refractivity contribution is 1.26. The lowest BCUT2D eigenvalue weighted by Crippen LogP contribution is -1.88. The van der Waals surface area contributed by atoms with Gasteiger partial charge in [0.2, 0.25) is 0 Å². The largest absolute Gasteiger partial charge is 0.252 e. The molecule has 0 saturated heterocycles. The van der Waals surface area contributed by atoms with Gasteiger partial charge in [0.15, 0.2) is 0 Å². The van der Waals surface area contributed by atoms with Crippen LogP contribution in [0.3, 0.4) is 0 Å². The summed E-state index contributed by atoms with van der Waals surface area (Å²) < 4.78 is 0. The quantitative estimate of drug-likeness (QED) is 0.691. The maximum absolute atomic E-state index is 5.71. The molecule has 2 nitrogen and oxygen atoms in total. The number of para-hydroxylation sites is 2. The first-order valence-electron chi connectivity index (χ1n) is 3.84. The van der Waals surface area contributed by atoms with E-state index in [0.717, 1.165) is 11.0 Å². The smallest absolute Gasteiger partial charge is 0.100 e. The number of hydrogen-bond acceptors (Lipinski definition) is 2. The molecule has 1 heterocycles. The highest BCUT2D eigenvalue weighted by Gasteiger charge is 1.99. The van der Waals surface area contributed by atoms with Gasteiger partial charge in [-0.2, -0.15) is 0 Å². The van der Waals surface area contributed by atoms with Gasteiger partial charge in [-0.1, -0.05) is 30.3 Å². The summed E-state index contributed by atoms with van der Waals surface area (Å²) in [7, 11) is 0. The van der Waals surface area contributed by atoms with Gasteiger partial charge in [-0.3, -0.25) is 4.98 Å². The zero-order valence-corrected chi connectivity index (χ0v) is 7.62. The molecule has 0 radical (unpaired) electrons. The molecule has 0 aliphatic heterocycles. The van der Waals surface area contributed by atoms with Crippen LogP contribution < -0.4 is 0 Å². The Bertz CT molecular complexity index is 465. The normalized spacial score (nSPS) is 10.2. The number of halogens is 1. The minimum atomic E-state index is 0.415. The van der Waals surface area contributed by atoms with E-state index in [9.17, 15) is 0 Å². The van der Waals surface area contributed by atoms with Gasteiger partial charge in [0, 0.05) is 0 Å². The minimum Gasteiger partial charge on any atom is -0.252 e. The van der Waals surface area contributed by atoms with E-state index >= 15 is 0 Å². The average molecular weight is 191 g/mol. The van der Waals surface area contributed by atoms with E-state index in [1.54, 1.807) is 6.20 Å². The second kappa shape index (κ2) is 3.15. The molecular weight excluding hydrogens is 184 g/mol. The fourth-order valence-electron chi connectivity index (χ4n) is 1.09. The molecule has 2 rings (SSSR count). The van der Waals surface area contributed by atoms with Crippen molar-refractivity contribution < 1.29 is 0 Å². The first-order valence-corrected chi connectivity index (χ1v) is 4.22. The van der Waals surface area contributed by atoms with Crippen LogP contribution in [-0.2, 0) is 0 Å². The van der Waals surface area contributed by atoms with Gasteiger partial charge < -0.3 is 0 Å². The van der Waals surface area contributed by atoms with Crippen molar-refractivity contribution in [2.45, 2.75) is 0 Å². The Morgan fingerprint density at radius 1 is 1.23 bits per heavy atom. The molecule has 1 aromatic heterocycles. The third-order valence-electron chi connectivity index (χ3n) is 1.73. The average Bonchev–Trinajstić information content (AvgIpc) is 2.17. The summed E-state index contributed by atoms with van der Waals surface area (Å²) in [6.45, 7) is 3.60. The van der Waals surface area contributed by atoms with Crippen LogP contribution in [-0.4, -0.2) is 9.97 Å². The van der Waals surface area contributed by atoms with Crippen molar-refractivity contribution in [1.82, 2.24) is 9.97 Å². The minimum absolute atomic E-state index is 0.415. The monoisotopic (exact) mass is 190 g/mol. The summed E-state index contributed by atoms with van der Waals surface area (Å²) in [5, 5.41) is 0.415. The highest BCUT2D eigenvalue weighted by molar-refractivity contribution is 6.48. The molecule has 0 saturated carbocycles. The first kappa shape index (κ1) is 8.20. The van der Waals surface area contributed by atoms with Crippen molar-refractivity contribution in [1.29, 1.82) is 0 Å². The van der Waals surface area contributed by atoms with Gasteiger partial charge in [0.05, 0.1) is 22.3 Å². The van der Waals surface area contributed by atoms with Crippen LogP contribution in [0.1, 0.15) is 5.69 Å². The second-order valence-corrected chi connectivity index (χ2v) is 3.11. The Morgan fingerprint density at radius 3 is 2.62 bits per heavy atom. The zero-order chi connectivity index (χ0) is 9.26. The van der Waals surface area contributed by atoms with E-state index in [2.05, 4.69) is 16.5 Å². The Morgan fingerprint density at radius 2 is 1.92 bits per heavy atom. The van der Waals surface area contributed by atoms with E-state index in [0.29, 0.717) is 10.7 Å². The van der Waals surface area contributed by atoms with Crippen LogP contribution in [0.5, 0.6) is 0 Å². The molecule has 0 N–H and O–H groups in total. The topological polar surface area (TPSA) is 25.8 Å². The summed E-state index contributed by atoms with van der Waals surface area (Å²) in [6, 6.07) is 7.64. The predicted octanol–water partition coefficient (Wildman–Crippen LogP) is 2.84. The lowest BCUT2D eigenvalue weighted by Gasteiger charge is -1.98. The van der Waals surface area contributed by atoms with Crippen LogP contribution in [0, 0.1) is 0 Å². The van der Waals surface area contributed by atoms with Crippen LogP contribution >= 0.6 is 11.6 Å². The number of hydrogen-bond donors (Lipinski definition) is 0. The zero-order valence-electron chi connectivity index (χ0n) is 6.87. The highest BCUT2D eigenvalue weighted by atomic mass is 35.5. The number of nitrogens with zero attached hydrogens (tertiary/aromatic N) is 2. The SMILES string of the molecule is C=C(Cl)c1cnc2ccccc2n1. The Kier molecular flexibility index (Phi) is 1.99. The number of rotatable bonds is 1. The third kappa shape index (κ3) is 1.53. The molecule has 0 amide bonds. The van der Waals surface area contributed by atoms with Crippen molar-refractivity contribution >= 4 is 27.7 Å². The third-order valence-corrected chi connectivity index (χ3v) is 1.92. The molecule has 0 bridgehead atoms. The molecule has 0 aliphatic carbocycles. The number of aromatic nitrogens is 2. The van der Waals surface area contributed by atoms with Crippen molar-refractivity contribution in [3.63, 3.8) is 0 Å². The van der Waals surface area contributed by atoms with Gasteiger partial charge in [0.25, 0.3) is 0 Å². The van der Waals surface area contributed by atoms with Crippen LogP contribution in [0.15, 0.2) is 37.0 Å². The highest BCUT2D eigenvalue weighted by Crippen LogP contribution is 2.15. The molecule has 2 aromatic rings. The Labute approximate surface area is 80.9 Å². The molecule has 3 heteroatoms. The number of benzene rings is 1. The van der Waals surface area contributed by atoms with Crippen LogP contribution in [0.25, 0.3) is 16.1 Å². The van der Waals surface area contributed by atoms with Crippen LogP contribution in [0.2, 0.25) is 0 Å². The Balaban J connectivity index is 2.69. The van der Waals surface area contributed by atoms with Gasteiger partial charge in [-0.15, -0.1) is 0 Å². The molecule has 0 spiro atoms. The fourth-order valence-corrected chi connectivity index (χ4v) is 1.18. The molecule has 0 unspecified atom stereocenters. The van der Waals surface area contributed by atoms with E-state index in [-0.39, 0.29) is 0 Å². The van der Waals surface area contributed by atoms with E-state index in [1.807, 2.05) is 24.3 Å². The van der Waals surface area contributed by atoms with Gasteiger partial charge in [-0.05, 0) is 12.1 Å². The van der Waals surface area contributed by atoms with E-state index in [4.69, 9.17) is 11.6 Å². The molecule has 0 aliphatic rings. The summed E-state index contributed by atoms with van der Waals surface area (Å²) in [5.74, 6) is 0. The van der Waals surface area contributed by atoms with Gasteiger partial charge in [-0.25, -0.2) is 4.98 Å². The molecule has 0 fully saturated rings. The molecule has 1 aromatic carbocycles. The van der Waals surface area contributed by atoms with Crippen molar-refractivity contribution in [2.24, 2.45) is 0 Å². The standard InChI is InChI=1S/C10H7ClN2/c1-7(11)10-6-12-8-4-2-3-5-9(8)13-10/h2-6H,1H2. The van der Waals surface area contributed by atoms with Crippen molar-refractivity contribution in [3.8, 4) is 0 Å².